The van der Waals surface area contributed by atoms with E-state index >= 15 is 0 Å². The van der Waals surface area contributed by atoms with Crippen LogP contribution >= 0.6 is 11.8 Å². The van der Waals surface area contributed by atoms with Gasteiger partial charge in [-0.3, -0.25) is 14.4 Å². The SMILES string of the molecule is CSc1cccc(N2C[C@@H](C(=O)O[C@H](C)C(=O)Nc3cccc(F)c3)CC2=O)c1. The first-order valence-corrected chi connectivity index (χ1v) is 10.3. The van der Waals surface area contributed by atoms with Crippen molar-refractivity contribution in [2.24, 2.45) is 5.92 Å². The summed E-state index contributed by atoms with van der Waals surface area (Å²) in [6.07, 6.45) is 0.900. The number of amides is 2. The summed E-state index contributed by atoms with van der Waals surface area (Å²) in [6.45, 7) is 1.64. The van der Waals surface area contributed by atoms with Gasteiger partial charge >= 0.3 is 5.97 Å². The van der Waals surface area contributed by atoms with Gasteiger partial charge in [-0.1, -0.05) is 12.1 Å². The summed E-state index contributed by atoms with van der Waals surface area (Å²) in [4.78, 5) is 39.6. The van der Waals surface area contributed by atoms with Gasteiger partial charge < -0.3 is 15.0 Å². The maximum Gasteiger partial charge on any atom is 0.312 e. The molecule has 1 saturated heterocycles. The molecule has 0 aromatic heterocycles. The number of ether oxygens (including phenoxy) is 1. The highest BCUT2D eigenvalue weighted by Gasteiger charge is 2.37. The number of carbonyl (C=O) groups excluding carboxylic acids is 3. The van der Waals surface area contributed by atoms with E-state index in [-0.39, 0.29) is 24.6 Å². The van der Waals surface area contributed by atoms with Crippen LogP contribution in [0.25, 0.3) is 0 Å². The monoisotopic (exact) mass is 416 g/mol. The van der Waals surface area contributed by atoms with E-state index in [1.54, 1.807) is 16.7 Å². The van der Waals surface area contributed by atoms with Crippen LogP contribution in [0.1, 0.15) is 13.3 Å². The molecule has 29 heavy (non-hydrogen) atoms. The zero-order valence-electron chi connectivity index (χ0n) is 16.1. The fourth-order valence-electron chi connectivity index (χ4n) is 3.03. The minimum atomic E-state index is -1.07. The minimum absolute atomic E-state index is 0.0283. The van der Waals surface area contributed by atoms with Crippen molar-refractivity contribution >= 4 is 40.9 Å². The van der Waals surface area contributed by atoms with Crippen LogP contribution < -0.4 is 10.2 Å². The van der Waals surface area contributed by atoms with Crippen LogP contribution in [-0.2, 0) is 19.1 Å². The van der Waals surface area contributed by atoms with Crippen molar-refractivity contribution in [2.75, 3.05) is 23.0 Å². The van der Waals surface area contributed by atoms with Crippen molar-refractivity contribution in [1.29, 1.82) is 0 Å². The van der Waals surface area contributed by atoms with Crippen LogP contribution in [0.4, 0.5) is 15.8 Å². The molecule has 6 nitrogen and oxygen atoms in total. The predicted octanol–water partition coefficient (Wildman–Crippen LogP) is 3.47. The lowest BCUT2D eigenvalue weighted by molar-refractivity contribution is -0.157. The highest BCUT2D eigenvalue weighted by atomic mass is 32.2. The van der Waals surface area contributed by atoms with Crippen molar-refractivity contribution in [1.82, 2.24) is 0 Å². The highest BCUT2D eigenvalue weighted by molar-refractivity contribution is 7.98. The van der Waals surface area contributed by atoms with Gasteiger partial charge in [-0.25, -0.2) is 4.39 Å². The zero-order chi connectivity index (χ0) is 21.0. The Morgan fingerprint density at radius 3 is 2.72 bits per heavy atom. The molecular formula is C21H21FN2O4S. The average Bonchev–Trinajstić information content (AvgIpc) is 3.10. The van der Waals surface area contributed by atoms with Crippen molar-refractivity contribution < 1.29 is 23.5 Å². The van der Waals surface area contributed by atoms with Gasteiger partial charge in [0.15, 0.2) is 6.10 Å². The van der Waals surface area contributed by atoms with E-state index < -0.39 is 29.7 Å². The number of benzene rings is 2. The third kappa shape index (κ3) is 5.14. The van der Waals surface area contributed by atoms with Crippen LogP contribution in [0.3, 0.4) is 0 Å². The third-order valence-electron chi connectivity index (χ3n) is 4.58. The van der Waals surface area contributed by atoms with Crippen LogP contribution in [0, 0.1) is 11.7 Å². The molecular weight excluding hydrogens is 395 g/mol. The molecule has 2 atom stereocenters. The number of thioether (sulfide) groups is 1. The van der Waals surface area contributed by atoms with Crippen LogP contribution in [0.2, 0.25) is 0 Å². The number of rotatable bonds is 6. The second-order valence-corrected chi connectivity index (χ2v) is 7.57. The predicted molar refractivity (Wildman–Crippen MR) is 109 cm³/mol. The number of carbonyl (C=O) groups is 3. The Balaban J connectivity index is 1.59. The van der Waals surface area contributed by atoms with Crippen molar-refractivity contribution in [3.05, 3.63) is 54.3 Å². The molecule has 1 aliphatic heterocycles. The largest absolute Gasteiger partial charge is 0.452 e. The Morgan fingerprint density at radius 2 is 2.00 bits per heavy atom. The first kappa shape index (κ1) is 20.9. The fraction of sp³-hybridized carbons (Fsp3) is 0.286. The first-order chi connectivity index (χ1) is 13.9. The van der Waals surface area contributed by atoms with E-state index in [4.69, 9.17) is 4.74 Å². The van der Waals surface area contributed by atoms with Crippen molar-refractivity contribution in [3.63, 3.8) is 0 Å². The molecule has 3 rings (SSSR count). The summed E-state index contributed by atoms with van der Waals surface area (Å²) >= 11 is 1.57. The molecule has 1 heterocycles. The van der Waals surface area contributed by atoms with Gasteiger partial charge in [-0.05, 0) is 49.6 Å². The summed E-state index contributed by atoms with van der Waals surface area (Å²) in [6, 6.07) is 12.9. The standard InChI is InChI=1S/C21H21FN2O4S/c1-13(20(26)23-16-6-3-5-15(22)10-16)28-21(27)14-9-19(25)24(12-14)17-7-4-8-18(11-17)29-2/h3-8,10-11,13-14H,9,12H2,1-2H3,(H,23,26)/t13-,14+/m1/s1. The molecule has 2 aromatic carbocycles. The number of esters is 1. The number of hydrogen-bond donors (Lipinski definition) is 1. The molecule has 0 aliphatic carbocycles. The van der Waals surface area contributed by atoms with Gasteiger partial charge in [-0.2, -0.15) is 0 Å². The second kappa shape index (κ2) is 9.09. The molecule has 2 aromatic rings. The van der Waals surface area contributed by atoms with Crippen molar-refractivity contribution in [2.45, 2.75) is 24.3 Å². The van der Waals surface area contributed by atoms with E-state index in [0.717, 1.165) is 10.6 Å². The maximum absolute atomic E-state index is 13.2. The molecule has 2 amide bonds. The van der Waals surface area contributed by atoms with E-state index in [1.165, 1.54) is 31.2 Å². The number of halogens is 1. The molecule has 0 bridgehead atoms. The average molecular weight is 416 g/mol. The summed E-state index contributed by atoms with van der Waals surface area (Å²) in [5.74, 6) is -2.48. The molecule has 1 fully saturated rings. The molecule has 0 radical (unpaired) electrons. The zero-order valence-corrected chi connectivity index (χ0v) is 16.9. The minimum Gasteiger partial charge on any atom is -0.452 e. The number of anilines is 2. The van der Waals surface area contributed by atoms with Gasteiger partial charge in [-0.15, -0.1) is 11.8 Å². The van der Waals surface area contributed by atoms with E-state index in [9.17, 15) is 18.8 Å². The van der Waals surface area contributed by atoms with Crippen LogP contribution in [0.15, 0.2) is 53.4 Å². The summed E-state index contributed by atoms with van der Waals surface area (Å²) in [7, 11) is 0. The van der Waals surface area contributed by atoms with Gasteiger partial charge in [0, 0.05) is 29.2 Å². The van der Waals surface area contributed by atoms with Crippen LogP contribution in [-0.4, -0.2) is 36.7 Å². The van der Waals surface area contributed by atoms with Gasteiger partial charge in [0.1, 0.15) is 5.82 Å². The Bertz CT molecular complexity index is 936. The quantitative estimate of drug-likeness (QED) is 0.577. The lowest BCUT2D eigenvalue weighted by atomic mass is 10.1. The molecule has 0 unspecified atom stereocenters. The second-order valence-electron chi connectivity index (χ2n) is 6.69. The molecule has 8 heteroatoms. The van der Waals surface area contributed by atoms with E-state index in [0.29, 0.717) is 0 Å². The summed E-state index contributed by atoms with van der Waals surface area (Å²) in [5.41, 5.74) is 1.00. The molecule has 1 N–H and O–H groups in total. The molecule has 0 spiro atoms. The highest BCUT2D eigenvalue weighted by Crippen LogP contribution is 2.29. The Morgan fingerprint density at radius 1 is 1.24 bits per heavy atom. The summed E-state index contributed by atoms with van der Waals surface area (Å²) < 4.78 is 18.5. The van der Waals surface area contributed by atoms with E-state index in [1.807, 2.05) is 30.5 Å². The van der Waals surface area contributed by atoms with Gasteiger partial charge in [0.05, 0.1) is 5.92 Å². The molecule has 152 valence electrons. The van der Waals surface area contributed by atoms with E-state index in [2.05, 4.69) is 5.32 Å². The topological polar surface area (TPSA) is 75.7 Å². The number of hydrogen-bond acceptors (Lipinski definition) is 5. The Labute approximate surface area is 172 Å². The van der Waals surface area contributed by atoms with Gasteiger partial charge in [0.25, 0.3) is 5.91 Å². The Kier molecular flexibility index (Phi) is 6.53. The smallest absolute Gasteiger partial charge is 0.312 e. The first-order valence-electron chi connectivity index (χ1n) is 9.08. The number of nitrogens with zero attached hydrogens (tertiary/aromatic N) is 1. The third-order valence-corrected chi connectivity index (χ3v) is 5.30. The lowest BCUT2D eigenvalue weighted by Crippen LogP contribution is -2.33. The fourth-order valence-corrected chi connectivity index (χ4v) is 3.48. The summed E-state index contributed by atoms with van der Waals surface area (Å²) in [5, 5.41) is 2.50. The maximum atomic E-state index is 13.2. The molecule has 0 saturated carbocycles. The lowest BCUT2D eigenvalue weighted by Gasteiger charge is -2.18. The van der Waals surface area contributed by atoms with Gasteiger partial charge in [0.2, 0.25) is 5.91 Å². The number of nitrogens with one attached hydrogen (secondary N) is 1. The molecule has 1 aliphatic rings. The van der Waals surface area contributed by atoms with Crippen molar-refractivity contribution in [3.8, 4) is 0 Å². The Hall–Kier alpha value is -2.87. The van der Waals surface area contributed by atoms with Crippen LogP contribution in [0.5, 0.6) is 0 Å². The normalized spacial score (nSPS) is 17.1.